The van der Waals surface area contributed by atoms with E-state index in [1.807, 2.05) is 20.8 Å². The fraction of sp³-hybridized carbons (Fsp3) is 0.923. The zero-order chi connectivity index (χ0) is 12.0. The number of carbonyl (C=O) groups excluding carboxylic acids is 1. The lowest BCUT2D eigenvalue weighted by Crippen LogP contribution is -2.49. The minimum Gasteiger partial charge on any atom is -0.354 e. The summed E-state index contributed by atoms with van der Waals surface area (Å²) in [4.78, 5) is 11.9. The Bertz CT molecular complexity index is 285. The van der Waals surface area contributed by atoms with Gasteiger partial charge in [0.25, 0.3) is 0 Å². The van der Waals surface area contributed by atoms with Crippen LogP contribution in [0.1, 0.15) is 46.5 Å². The molecular formula is C13H24N2O. The van der Waals surface area contributed by atoms with Crippen LogP contribution in [0.2, 0.25) is 0 Å². The molecule has 0 aromatic heterocycles. The number of nitrogens with two attached hydrogens (primary N) is 1. The third-order valence-electron chi connectivity index (χ3n) is 4.17. The van der Waals surface area contributed by atoms with Gasteiger partial charge in [0.15, 0.2) is 0 Å². The average Bonchev–Trinajstić information content (AvgIpc) is 2.98. The van der Waals surface area contributed by atoms with Crippen molar-refractivity contribution in [3.8, 4) is 0 Å². The standard InChI is InChI=1S/C13H24N2O/c1-12(2,3)10(14)11(16)15-8-13(6-7-13)9-4-5-9/h9-10H,4-8,14H2,1-3H3,(H,15,16)/t10-/m0/s1. The molecule has 0 unspecified atom stereocenters. The number of hydrogen-bond acceptors (Lipinski definition) is 2. The molecule has 0 aliphatic heterocycles. The summed E-state index contributed by atoms with van der Waals surface area (Å²) in [6.07, 6.45) is 5.31. The van der Waals surface area contributed by atoms with Gasteiger partial charge in [0, 0.05) is 6.54 Å². The minimum atomic E-state index is -0.400. The largest absolute Gasteiger partial charge is 0.354 e. The third kappa shape index (κ3) is 2.40. The van der Waals surface area contributed by atoms with Gasteiger partial charge in [-0.2, -0.15) is 0 Å². The van der Waals surface area contributed by atoms with Crippen molar-refractivity contribution in [1.29, 1.82) is 0 Å². The van der Waals surface area contributed by atoms with E-state index in [1.54, 1.807) is 0 Å². The van der Waals surface area contributed by atoms with E-state index in [-0.39, 0.29) is 11.3 Å². The number of nitrogens with one attached hydrogen (secondary N) is 1. The first-order chi connectivity index (χ1) is 7.35. The van der Waals surface area contributed by atoms with Gasteiger partial charge in [-0.25, -0.2) is 0 Å². The Morgan fingerprint density at radius 1 is 1.44 bits per heavy atom. The van der Waals surface area contributed by atoms with Gasteiger partial charge in [0.05, 0.1) is 6.04 Å². The van der Waals surface area contributed by atoms with Crippen molar-refractivity contribution in [1.82, 2.24) is 5.32 Å². The molecule has 0 aromatic carbocycles. The number of rotatable bonds is 4. The maximum absolute atomic E-state index is 11.9. The molecule has 1 amide bonds. The van der Waals surface area contributed by atoms with E-state index < -0.39 is 6.04 Å². The van der Waals surface area contributed by atoms with Crippen LogP contribution >= 0.6 is 0 Å². The van der Waals surface area contributed by atoms with Crippen molar-refractivity contribution in [3.63, 3.8) is 0 Å². The van der Waals surface area contributed by atoms with E-state index in [4.69, 9.17) is 5.73 Å². The molecule has 16 heavy (non-hydrogen) atoms. The van der Waals surface area contributed by atoms with E-state index in [9.17, 15) is 4.79 Å². The highest BCUT2D eigenvalue weighted by atomic mass is 16.2. The lowest BCUT2D eigenvalue weighted by molar-refractivity contribution is -0.124. The Balaban J connectivity index is 1.79. The van der Waals surface area contributed by atoms with Crippen molar-refractivity contribution in [3.05, 3.63) is 0 Å². The van der Waals surface area contributed by atoms with Crippen LogP contribution in [0, 0.1) is 16.7 Å². The summed E-state index contributed by atoms with van der Waals surface area (Å²) in [6.45, 7) is 6.86. The van der Waals surface area contributed by atoms with Crippen LogP contribution < -0.4 is 11.1 Å². The summed E-state index contributed by atoms with van der Waals surface area (Å²) in [5.74, 6) is 0.901. The molecule has 92 valence electrons. The summed E-state index contributed by atoms with van der Waals surface area (Å²) in [6, 6.07) is -0.400. The normalized spacial score (nSPS) is 25.0. The van der Waals surface area contributed by atoms with Crippen LogP contribution in [0.4, 0.5) is 0 Å². The van der Waals surface area contributed by atoms with Crippen molar-refractivity contribution in [2.24, 2.45) is 22.5 Å². The Labute approximate surface area is 98.2 Å². The number of carbonyl (C=O) groups is 1. The molecule has 2 fully saturated rings. The van der Waals surface area contributed by atoms with E-state index in [0.29, 0.717) is 5.41 Å². The zero-order valence-corrected chi connectivity index (χ0v) is 10.7. The maximum Gasteiger partial charge on any atom is 0.237 e. The highest BCUT2D eigenvalue weighted by Gasteiger charge is 2.53. The molecule has 1 atom stereocenters. The van der Waals surface area contributed by atoms with Gasteiger partial charge in [-0.05, 0) is 42.4 Å². The Hall–Kier alpha value is -0.570. The second-order valence-electron chi connectivity index (χ2n) is 6.70. The second-order valence-corrected chi connectivity index (χ2v) is 6.70. The molecule has 0 spiro atoms. The van der Waals surface area contributed by atoms with Crippen molar-refractivity contribution < 1.29 is 4.79 Å². The summed E-state index contributed by atoms with van der Waals surface area (Å²) >= 11 is 0. The molecule has 3 nitrogen and oxygen atoms in total. The van der Waals surface area contributed by atoms with Crippen LogP contribution in [0.15, 0.2) is 0 Å². The lowest BCUT2D eigenvalue weighted by Gasteiger charge is -2.27. The molecule has 3 N–H and O–H groups in total. The quantitative estimate of drug-likeness (QED) is 0.763. The van der Waals surface area contributed by atoms with E-state index >= 15 is 0 Å². The second kappa shape index (κ2) is 3.73. The first kappa shape index (κ1) is 11.9. The van der Waals surface area contributed by atoms with Crippen molar-refractivity contribution in [2.45, 2.75) is 52.5 Å². The van der Waals surface area contributed by atoms with E-state index in [0.717, 1.165) is 12.5 Å². The smallest absolute Gasteiger partial charge is 0.237 e. The summed E-state index contributed by atoms with van der Waals surface area (Å²) < 4.78 is 0. The highest BCUT2D eigenvalue weighted by molar-refractivity contribution is 5.82. The molecular weight excluding hydrogens is 200 g/mol. The van der Waals surface area contributed by atoms with Crippen LogP contribution in [-0.4, -0.2) is 18.5 Å². The Kier molecular flexibility index (Phi) is 2.77. The molecule has 3 heteroatoms. The Morgan fingerprint density at radius 2 is 2.00 bits per heavy atom. The van der Waals surface area contributed by atoms with Gasteiger partial charge < -0.3 is 11.1 Å². The average molecular weight is 224 g/mol. The number of hydrogen-bond donors (Lipinski definition) is 2. The van der Waals surface area contributed by atoms with E-state index in [2.05, 4.69) is 5.32 Å². The van der Waals surface area contributed by atoms with Gasteiger partial charge in [-0.1, -0.05) is 20.8 Å². The van der Waals surface area contributed by atoms with Gasteiger partial charge in [-0.15, -0.1) is 0 Å². The maximum atomic E-state index is 11.9. The molecule has 2 aliphatic rings. The first-order valence-electron chi connectivity index (χ1n) is 6.38. The number of amides is 1. The molecule has 0 bridgehead atoms. The highest BCUT2D eigenvalue weighted by Crippen LogP contribution is 2.60. The molecule has 0 saturated heterocycles. The van der Waals surface area contributed by atoms with Crippen LogP contribution in [0.25, 0.3) is 0 Å². The van der Waals surface area contributed by atoms with Crippen LogP contribution in [0.5, 0.6) is 0 Å². The van der Waals surface area contributed by atoms with Gasteiger partial charge in [0.1, 0.15) is 0 Å². The molecule has 0 radical (unpaired) electrons. The molecule has 2 aliphatic carbocycles. The monoisotopic (exact) mass is 224 g/mol. The summed E-state index contributed by atoms with van der Waals surface area (Å²) in [5, 5.41) is 3.05. The molecule has 2 rings (SSSR count). The fourth-order valence-electron chi connectivity index (χ4n) is 2.35. The summed E-state index contributed by atoms with van der Waals surface area (Å²) in [7, 11) is 0. The SMILES string of the molecule is CC(C)(C)[C@@H](N)C(=O)NCC1(C2CC2)CC1. The van der Waals surface area contributed by atoms with Crippen LogP contribution in [0.3, 0.4) is 0 Å². The van der Waals surface area contributed by atoms with Crippen molar-refractivity contribution in [2.75, 3.05) is 6.54 Å². The predicted octanol–water partition coefficient (Wildman–Crippen LogP) is 1.67. The first-order valence-corrected chi connectivity index (χ1v) is 6.38. The molecule has 0 heterocycles. The predicted molar refractivity (Wildman–Crippen MR) is 64.8 cm³/mol. The third-order valence-corrected chi connectivity index (χ3v) is 4.17. The molecule has 0 aromatic rings. The topological polar surface area (TPSA) is 55.1 Å². The zero-order valence-electron chi connectivity index (χ0n) is 10.7. The van der Waals surface area contributed by atoms with Gasteiger partial charge in [-0.3, -0.25) is 4.79 Å². The van der Waals surface area contributed by atoms with Gasteiger partial charge in [0.2, 0.25) is 5.91 Å². The van der Waals surface area contributed by atoms with Crippen LogP contribution in [-0.2, 0) is 4.79 Å². The Morgan fingerprint density at radius 3 is 2.38 bits per heavy atom. The summed E-state index contributed by atoms with van der Waals surface area (Å²) in [5.41, 5.74) is 6.24. The minimum absolute atomic E-state index is 0.0134. The fourth-order valence-corrected chi connectivity index (χ4v) is 2.35. The molecule has 2 saturated carbocycles. The van der Waals surface area contributed by atoms with Crippen molar-refractivity contribution >= 4 is 5.91 Å². The lowest BCUT2D eigenvalue weighted by atomic mass is 9.86. The van der Waals surface area contributed by atoms with Gasteiger partial charge >= 0.3 is 0 Å². The van der Waals surface area contributed by atoms with E-state index in [1.165, 1.54) is 25.7 Å².